The standard InChI is InChI=1S/C18H21NO/c1-2-4-17-10-18-6-5-14(9-16(17)3-1)11-19(18)12-15-7-8-20-13-15/h1-4,7-8,13-14,18H,5-6,9-12H2/t14-,18+/m0/s1. The second kappa shape index (κ2) is 5.10. The number of fused-ring (bicyclic) bond motifs is 2. The molecule has 5 rings (SSSR count). The zero-order chi connectivity index (χ0) is 13.4. The summed E-state index contributed by atoms with van der Waals surface area (Å²) in [7, 11) is 0. The Balaban J connectivity index is 1.60. The predicted molar refractivity (Wildman–Crippen MR) is 79.5 cm³/mol. The molecular weight excluding hydrogens is 246 g/mol. The Kier molecular flexibility index (Phi) is 3.12. The summed E-state index contributed by atoms with van der Waals surface area (Å²) in [4.78, 5) is 2.68. The van der Waals surface area contributed by atoms with E-state index in [1.54, 1.807) is 17.4 Å². The van der Waals surface area contributed by atoms with Crippen molar-refractivity contribution in [2.45, 2.75) is 38.3 Å². The normalized spacial score (nSPS) is 26.0. The van der Waals surface area contributed by atoms with Crippen molar-refractivity contribution in [1.29, 1.82) is 0 Å². The predicted octanol–water partition coefficient (Wildman–Crippen LogP) is 3.66. The van der Waals surface area contributed by atoms with Crippen LogP contribution in [0.25, 0.3) is 0 Å². The molecule has 3 heterocycles. The molecule has 1 aromatic heterocycles. The Morgan fingerprint density at radius 2 is 1.90 bits per heavy atom. The first-order valence-electron chi connectivity index (χ1n) is 7.70. The van der Waals surface area contributed by atoms with Crippen molar-refractivity contribution in [3.8, 4) is 0 Å². The van der Waals surface area contributed by atoms with Gasteiger partial charge in [-0.2, -0.15) is 0 Å². The van der Waals surface area contributed by atoms with Gasteiger partial charge >= 0.3 is 0 Å². The number of furan rings is 1. The molecule has 0 unspecified atom stereocenters. The highest BCUT2D eigenvalue weighted by Crippen LogP contribution is 2.32. The van der Waals surface area contributed by atoms with E-state index in [1.165, 1.54) is 37.8 Å². The second-order valence-corrected chi connectivity index (χ2v) is 6.34. The molecule has 104 valence electrons. The van der Waals surface area contributed by atoms with E-state index in [4.69, 9.17) is 4.42 Å². The first kappa shape index (κ1) is 12.2. The van der Waals surface area contributed by atoms with Crippen LogP contribution in [0.3, 0.4) is 0 Å². The van der Waals surface area contributed by atoms with E-state index in [1.807, 2.05) is 6.26 Å². The summed E-state index contributed by atoms with van der Waals surface area (Å²) in [5.74, 6) is 0.819. The molecule has 3 aliphatic rings. The zero-order valence-corrected chi connectivity index (χ0v) is 11.8. The number of hydrogen-bond donors (Lipinski definition) is 0. The third-order valence-electron chi connectivity index (χ3n) is 4.97. The lowest BCUT2D eigenvalue weighted by Gasteiger charge is -2.42. The second-order valence-electron chi connectivity index (χ2n) is 6.34. The van der Waals surface area contributed by atoms with Gasteiger partial charge in [0.15, 0.2) is 0 Å². The molecule has 2 aliphatic heterocycles. The molecule has 0 saturated carbocycles. The quantitative estimate of drug-likeness (QED) is 0.825. The molecule has 1 aromatic carbocycles. The monoisotopic (exact) mass is 267 g/mol. The third-order valence-corrected chi connectivity index (χ3v) is 4.97. The molecule has 20 heavy (non-hydrogen) atoms. The molecule has 1 aliphatic carbocycles. The van der Waals surface area contributed by atoms with Gasteiger partial charge in [0.25, 0.3) is 0 Å². The fraction of sp³-hybridized carbons (Fsp3) is 0.444. The Bertz CT molecular complexity index is 575. The van der Waals surface area contributed by atoms with Crippen LogP contribution >= 0.6 is 0 Å². The highest BCUT2D eigenvalue weighted by Gasteiger charge is 2.31. The molecule has 1 fully saturated rings. The number of piperidine rings is 1. The van der Waals surface area contributed by atoms with E-state index in [0.29, 0.717) is 6.04 Å². The molecule has 0 N–H and O–H groups in total. The van der Waals surface area contributed by atoms with Crippen molar-refractivity contribution in [2.24, 2.45) is 5.92 Å². The van der Waals surface area contributed by atoms with Gasteiger partial charge in [0.1, 0.15) is 0 Å². The highest BCUT2D eigenvalue weighted by molar-refractivity contribution is 5.30. The van der Waals surface area contributed by atoms with Crippen LogP contribution < -0.4 is 0 Å². The van der Waals surface area contributed by atoms with Gasteiger partial charge in [-0.05, 0) is 48.8 Å². The van der Waals surface area contributed by atoms with E-state index < -0.39 is 0 Å². The summed E-state index contributed by atoms with van der Waals surface area (Å²) >= 11 is 0. The van der Waals surface area contributed by atoms with E-state index >= 15 is 0 Å². The minimum Gasteiger partial charge on any atom is -0.472 e. The third kappa shape index (κ3) is 2.29. The van der Waals surface area contributed by atoms with Crippen molar-refractivity contribution in [3.05, 3.63) is 59.5 Å². The maximum Gasteiger partial charge on any atom is 0.0947 e. The van der Waals surface area contributed by atoms with Gasteiger partial charge in [-0.15, -0.1) is 0 Å². The largest absolute Gasteiger partial charge is 0.472 e. The number of rotatable bonds is 2. The maximum absolute atomic E-state index is 5.22. The van der Waals surface area contributed by atoms with Crippen molar-refractivity contribution in [3.63, 3.8) is 0 Å². The summed E-state index contributed by atoms with van der Waals surface area (Å²) in [6, 6.07) is 11.8. The molecule has 0 spiro atoms. The molecule has 2 nitrogen and oxygen atoms in total. The average Bonchev–Trinajstić information content (AvgIpc) is 2.93. The number of nitrogens with zero attached hydrogens (tertiary/aromatic N) is 1. The summed E-state index contributed by atoms with van der Waals surface area (Å²) in [5, 5.41) is 0. The molecule has 1 saturated heterocycles. The van der Waals surface area contributed by atoms with Crippen LogP contribution in [0.15, 0.2) is 47.3 Å². The van der Waals surface area contributed by atoms with Crippen LogP contribution in [-0.4, -0.2) is 17.5 Å². The van der Waals surface area contributed by atoms with Crippen LogP contribution in [0.2, 0.25) is 0 Å². The van der Waals surface area contributed by atoms with Crippen LogP contribution in [-0.2, 0) is 19.4 Å². The van der Waals surface area contributed by atoms with Crippen LogP contribution in [0.5, 0.6) is 0 Å². The molecule has 2 bridgehead atoms. The Labute approximate surface area is 120 Å². The summed E-state index contributed by atoms with van der Waals surface area (Å²) < 4.78 is 5.22. The van der Waals surface area contributed by atoms with Crippen molar-refractivity contribution >= 4 is 0 Å². The minimum absolute atomic E-state index is 0.697. The molecular formula is C18H21NO. The van der Waals surface area contributed by atoms with Crippen LogP contribution in [0, 0.1) is 5.92 Å². The van der Waals surface area contributed by atoms with Gasteiger partial charge < -0.3 is 4.42 Å². The molecule has 0 radical (unpaired) electrons. The van der Waals surface area contributed by atoms with Gasteiger partial charge in [0, 0.05) is 24.7 Å². The van der Waals surface area contributed by atoms with E-state index in [2.05, 4.69) is 35.2 Å². The first-order valence-corrected chi connectivity index (χ1v) is 7.70. The van der Waals surface area contributed by atoms with Gasteiger partial charge in [-0.1, -0.05) is 24.3 Å². The van der Waals surface area contributed by atoms with Crippen molar-refractivity contribution < 1.29 is 4.42 Å². The highest BCUT2D eigenvalue weighted by atomic mass is 16.3. The first-order chi connectivity index (χ1) is 9.88. The molecule has 2 heteroatoms. The van der Waals surface area contributed by atoms with Gasteiger partial charge in [-0.25, -0.2) is 0 Å². The Hall–Kier alpha value is -1.54. The van der Waals surface area contributed by atoms with E-state index in [0.717, 1.165) is 12.5 Å². The number of hydrogen-bond acceptors (Lipinski definition) is 2. The fourth-order valence-electron chi connectivity index (χ4n) is 3.91. The van der Waals surface area contributed by atoms with E-state index in [-0.39, 0.29) is 0 Å². The van der Waals surface area contributed by atoms with Gasteiger partial charge in [-0.3, -0.25) is 4.90 Å². The Morgan fingerprint density at radius 3 is 2.70 bits per heavy atom. The molecule has 2 atom stereocenters. The summed E-state index contributed by atoms with van der Waals surface area (Å²) in [5.41, 5.74) is 4.47. The van der Waals surface area contributed by atoms with Crippen LogP contribution in [0.1, 0.15) is 29.5 Å². The number of benzene rings is 1. The SMILES string of the molecule is c1ccc2c(c1)C[C@@H]1CC[C@H](C2)N(Cc2ccoc2)C1. The topological polar surface area (TPSA) is 16.4 Å². The lowest BCUT2D eigenvalue weighted by molar-refractivity contribution is 0.0936. The fourth-order valence-corrected chi connectivity index (χ4v) is 3.91. The lowest BCUT2D eigenvalue weighted by Crippen LogP contribution is -2.46. The van der Waals surface area contributed by atoms with Crippen LogP contribution in [0.4, 0.5) is 0 Å². The van der Waals surface area contributed by atoms with Gasteiger partial charge in [0.05, 0.1) is 12.5 Å². The van der Waals surface area contributed by atoms with E-state index in [9.17, 15) is 0 Å². The van der Waals surface area contributed by atoms with Gasteiger partial charge in [0.2, 0.25) is 0 Å². The summed E-state index contributed by atoms with van der Waals surface area (Å²) in [6.45, 7) is 2.28. The smallest absolute Gasteiger partial charge is 0.0947 e. The molecule has 2 aromatic rings. The average molecular weight is 267 g/mol. The molecule has 0 amide bonds. The van der Waals surface area contributed by atoms with Crippen molar-refractivity contribution in [1.82, 2.24) is 4.90 Å². The maximum atomic E-state index is 5.22. The van der Waals surface area contributed by atoms with Crippen molar-refractivity contribution in [2.75, 3.05) is 6.54 Å². The summed E-state index contributed by atoms with van der Waals surface area (Å²) in [6.07, 6.45) is 8.87. The zero-order valence-electron chi connectivity index (χ0n) is 11.8. The lowest BCUT2D eigenvalue weighted by atomic mass is 9.80. The Morgan fingerprint density at radius 1 is 1.05 bits per heavy atom. The minimum atomic E-state index is 0.697.